The summed E-state index contributed by atoms with van der Waals surface area (Å²) in [7, 11) is -0.311. The molecule has 0 unspecified atom stereocenters. The fourth-order valence-electron chi connectivity index (χ4n) is 4.50. The maximum atomic E-state index is 12.6. The summed E-state index contributed by atoms with van der Waals surface area (Å²) in [6, 6.07) is 8.08. The van der Waals surface area contributed by atoms with Crippen LogP contribution in [0.2, 0.25) is 18.1 Å². The highest BCUT2D eigenvalue weighted by molar-refractivity contribution is 6.74. The van der Waals surface area contributed by atoms with E-state index in [2.05, 4.69) is 57.8 Å². The molecule has 0 aromatic heterocycles. The number of benzene rings is 1. The number of nitrogens with zero attached hydrogens (tertiary/aromatic N) is 1. The third kappa shape index (κ3) is 8.38. The summed E-state index contributed by atoms with van der Waals surface area (Å²) in [6.07, 6.45) is 10.0. The number of anilines is 1. The molecule has 5 nitrogen and oxygen atoms in total. The lowest BCUT2D eigenvalue weighted by atomic mass is 9.93. The van der Waals surface area contributed by atoms with Crippen LogP contribution in [0.3, 0.4) is 0 Å². The molecule has 1 aromatic rings. The SMILES string of the molecule is CCCCCCC[C@H](O[Si](C)(C)C(C)(C)C)[C@@H]1CCN(c2ccc(OC)cc2)/C1=C/C(=O)OCC. The highest BCUT2D eigenvalue weighted by atomic mass is 28.4. The molecule has 1 fully saturated rings. The van der Waals surface area contributed by atoms with Crippen molar-refractivity contribution < 1.29 is 18.7 Å². The van der Waals surface area contributed by atoms with Crippen LogP contribution in [0, 0.1) is 5.92 Å². The number of methoxy groups -OCH3 is 1. The third-order valence-corrected chi connectivity index (χ3v) is 12.1. The van der Waals surface area contributed by atoms with Gasteiger partial charge in [0.15, 0.2) is 8.32 Å². The van der Waals surface area contributed by atoms with Gasteiger partial charge in [-0.05, 0) is 62.2 Å². The van der Waals surface area contributed by atoms with Gasteiger partial charge in [-0.3, -0.25) is 0 Å². The van der Waals surface area contributed by atoms with Gasteiger partial charge >= 0.3 is 5.97 Å². The monoisotopic (exact) mass is 503 g/mol. The van der Waals surface area contributed by atoms with E-state index in [1.807, 2.05) is 19.1 Å². The minimum atomic E-state index is -1.99. The Morgan fingerprint density at radius 3 is 2.34 bits per heavy atom. The average Bonchev–Trinajstić information content (AvgIpc) is 3.20. The lowest BCUT2D eigenvalue weighted by Crippen LogP contribution is -2.46. The number of ether oxygens (including phenoxy) is 2. The van der Waals surface area contributed by atoms with Gasteiger partial charge in [0.1, 0.15) is 5.75 Å². The first-order chi connectivity index (χ1) is 16.5. The summed E-state index contributed by atoms with van der Waals surface area (Å²) in [4.78, 5) is 14.9. The van der Waals surface area contributed by atoms with E-state index in [1.54, 1.807) is 13.2 Å². The quantitative estimate of drug-likeness (QED) is 0.119. The highest BCUT2D eigenvalue weighted by Gasteiger charge is 2.43. The first kappa shape index (κ1) is 29.4. The average molecular weight is 504 g/mol. The normalized spacial score (nSPS) is 18.7. The predicted molar refractivity (Wildman–Crippen MR) is 149 cm³/mol. The van der Waals surface area contributed by atoms with E-state index < -0.39 is 8.32 Å². The Bertz CT molecular complexity index is 813. The summed E-state index contributed by atoms with van der Waals surface area (Å²) in [5, 5.41) is 0.132. The van der Waals surface area contributed by atoms with Crippen LogP contribution >= 0.6 is 0 Å². The van der Waals surface area contributed by atoms with E-state index >= 15 is 0 Å². The van der Waals surface area contributed by atoms with Gasteiger partial charge in [-0.25, -0.2) is 4.79 Å². The number of unbranched alkanes of at least 4 members (excludes halogenated alkanes) is 4. The molecule has 0 amide bonds. The van der Waals surface area contributed by atoms with Crippen molar-refractivity contribution in [3.05, 3.63) is 36.0 Å². The zero-order valence-electron chi connectivity index (χ0n) is 23.5. The maximum absolute atomic E-state index is 12.6. The summed E-state index contributed by atoms with van der Waals surface area (Å²) < 4.78 is 17.8. The van der Waals surface area contributed by atoms with Gasteiger partial charge in [-0.15, -0.1) is 0 Å². The molecule has 0 spiro atoms. The summed E-state index contributed by atoms with van der Waals surface area (Å²) >= 11 is 0. The van der Waals surface area contributed by atoms with Gasteiger partial charge < -0.3 is 18.8 Å². The van der Waals surface area contributed by atoms with E-state index in [0.717, 1.165) is 42.9 Å². The number of hydrogen-bond acceptors (Lipinski definition) is 5. The molecule has 198 valence electrons. The van der Waals surface area contributed by atoms with E-state index in [0.29, 0.717) is 6.61 Å². The third-order valence-electron chi connectivity index (χ3n) is 7.58. The summed E-state index contributed by atoms with van der Waals surface area (Å²) in [5.74, 6) is 0.718. The molecule has 1 aliphatic heterocycles. The van der Waals surface area contributed by atoms with Crippen LogP contribution in [-0.4, -0.2) is 40.7 Å². The number of rotatable bonds is 13. The molecule has 1 heterocycles. The van der Waals surface area contributed by atoms with E-state index in [-0.39, 0.29) is 23.0 Å². The highest BCUT2D eigenvalue weighted by Crippen LogP contribution is 2.43. The minimum Gasteiger partial charge on any atom is -0.497 e. The molecular weight excluding hydrogens is 454 g/mol. The summed E-state index contributed by atoms with van der Waals surface area (Å²) in [6.45, 7) is 16.9. The lowest BCUT2D eigenvalue weighted by molar-refractivity contribution is -0.137. The van der Waals surface area contributed by atoms with Crippen molar-refractivity contribution in [1.82, 2.24) is 0 Å². The molecule has 0 saturated carbocycles. The van der Waals surface area contributed by atoms with Gasteiger partial charge in [0.25, 0.3) is 0 Å². The van der Waals surface area contributed by atoms with Crippen LogP contribution < -0.4 is 9.64 Å². The number of hydrogen-bond donors (Lipinski definition) is 0. The second-order valence-electron chi connectivity index (χ2n) is 11.2. The molecule has 1 aliphatic rings. The first-order valence-corrected chi connectivity index (χ1v) is 16.4. The largest absolute Gasteiger partial charge is 0.497 e. The Hall–Kier alpha value is -1.79. The molecule has 35 heavy (non-hydrogen) atoms. The topological polar surface area (TPSA) is 48.0 Å². The van der Waals surface area contributed by atoms with Crippen molar-refractivity contribution in [2.75, 3.05) is 25.2 Å². The van der Waals surface area contributed by atoms with Crippen LogP contribution in [-0.2, 0) is 14.0 Å². The number of carbonyl (C=O) groups excluding carboxylic acids is 1. The van der Waals surface area contributed by atoms with Crippen molar-refractivity contribution in [1.29, 1.82) is 0 Å². The fourth-order valence-corrected chi connectivity index (χ4v) is 5.89. The Balaban J connectivity index is 2.38. The van der Waals surface area contributed by atoms with Crippen LogP contribution in [0.15, 0.2) is 36.0 Å². The molecule has 2 atom stereocenters. The van der Waals surface area contributed by atoms with Gasteiger partial charge in [0.05, 0.1) is 19.8 Å². The lowest BCUT2D eigenvalue weighted by Gasteiger charge is -2.41. The van der Waals surface area contributed by atoms with Crippen molar-refractivity contribution >= 4 is 20.0 Å². The molecule has 1 saturated heterocycles. The number of carbonyl (C=O) groups is 1. The van der Waals surface area contributed by atoms with E-state index in [4.69, 9.17) is 13.9 Å². The number of esters is 1. The Kier molecular flexibility index (Phi) is 11.4. The molecular formula is C29H49NO4Si. The van der Waals surface area contributed by atoms with Gasteiger partial charge in [-0.2, -0.15) is 0 Å². The first-order valence-electron chi connectivity index (χ1n) is 13.5. The second kappa shape index (κ2) is 13.5. The molecule has 0 bridgehead atoms. The zero-order valence-corrected chi connectivity index (χ0v) is 24.5. The van der Waals surface area contributed by atoms with Crippen molar-refractivity contribution in [2.45, 2.75) is 104 Å². The van der Waals surface area contributed by atoms with Gasteiger partial charge in [0.2, 0.25) is 0 Å². The molecule has 2 rings (SSSR count). The molecule has 0 N–H and O–H groups in total. The molecule has 0 radical (unpaired) electrons. The van der Waals surface area contributed by atoms with Crippen molar-refractivity contribution in [3.63, 3.8) is 0 Å². The predicted octanol–water partition coefficient (Wildman–Crippen LogP) is 7.72. The smallest absolute Gasteiger partial charge is 0.332 e. The van der Waals surface area contributed by atoms with Gasteiger partial charge in [-0.1, -0.05) is 59.8 Å². The van der Waals surface area contributed by atoms with Crippen molar-refractivity contribution in [2.24, 2.45) is 5.92 Å². The van der Waals surface area contributed by atoms with Crippen LogP contribution in [0.25, 0.3) is 0 Å². The second-order valence-corrected chi connectivity index (χ2v) is 15.9. The molecule has 0 aliphatic carbocycles. The molecule has 1 aromatic carbocycles. The van der Waals surface area contributed by atoms with Gasteiger partial charge in [0, 0.05) is 29.9 Å². The summed E-state index contributed by atoms with van der Waals surface area (Å²) in [5.41, 5.74) is 2.09. The standard InChI is InChI=1S/C29H49NO4Si/c1-9-11-12-13-14-15-27(34-35(7,8)29(3,4)5)25-20-21-30(26(25)22-28(31)33-10-2)23-16-18-24(32-6)19-17-23/h16-19,22,25,27H,9-15,20-21H2,1-8H3/b26-22+/t25-,27+/m1/s1. The zero-order chi connectivity index (χ0) is 26.1. The molecule has 6 heteroatoms. The van der Waals surface area contributed by atoms with Crippen LogP contribution in [0.1, 0.15) is 79.6 Å². The maximum Gasteiger partial charge on any atom is 0.332 e. The Morgan fingerprint density at radius 1 is 1.11 bits per heavy atom. The van der Waals surface area contributed by atoms with Crippen molar-refractivity contribution in [3.8, 4) is 5.75 Å². The van der Waals surface area contributed by atoms with E-state index in [9.17, 15) is 4.79 Å². The van der Waals surface area contributed by atoms with Crippen LogP contribution in [0.5, 0.6) is 5.75 Å². The van der Waals surface area contributed by atoms with E-state index in [1.165, 1.54) is 25.7 Å². The Labute approximate surface area is 215 Å². The minimum absolute atomic E-state index is 0.0986. The van der Waals surface area contributed by atoms with Crippen LogP contribution in [0.4, 0.5) is 5.69 Å². The fraction of sp³-hybridized carbons (Fsp3) is 0.690. The Morgan fingerprint density at radius 2 is 1.77 bits per heavy atom.